The highest BCUT2D eigenvalue weighted by Gasteiger charge is 2.27. The fourth-order valence-corrected chi connectivity index (χ4v) is 1.57. The zero-order chi connectivity index (χ0) is 8.39. The number of hydrogen-bond acceptors (Lipinski definition) is 2. The summed E-state index contributed by atoms with van der Waals surface area (Å²) >= 11 is 0. The van der Waals surface area contributed by atoms with Gasteiger partial charge in [0.25, 0.3) is 0 Å². The maximum atomic E-state index is 4.02. The third-order valence-electron chi connectivity index (χ3n) is 2.32. The van der Waals surface area contributed by atoms with Crippen molar-refractivity contribution in [2.75, 3.05) is 11.4 Å². The topological polar surface area (TPSA) is 16.1 Å². The summed E-state index contributed by atoms with van der Waals surface area (Å²) in [4.78, 5) is 6.46. The molecule has 1 aromatic rings. The van der Waals surface area contributed by atoms with E-state index in [0.29, 0.717) is 0 Å². The minimum Gasteiger partial charge on any atom is -0.369 e. The van der Waals surface area contributed by atoms with Crippen molar-refractivity contribution in [2.45, 2.75) is 25.8 Å². The fraction of sp³-hybridized carbons (Fsp3) is 0.500. The van der Waals surface area contributed by atoms with Crippen LogP contribution >= 0.6 is 0 Å². The second-order valence-corrected chi connectivity index (χ2v) is 3.22. The molecule has 0 atom stereocenters. The summed E-state index contributed by atoms with van der Waals surface area (Å²) in [7, 11) is 0. The Bertz CT molecular complexity index is 241. The van der Waals surface area contributed by atoms with E-state index < -0.39 is 0 Å². The van der Waals surface area contributed by atoms with E-state index >= 15 is 0 Å². The molecule has 0 aromatic carbocycles. The molecule has 1 fully saturated rings. The van der Waals surface area contributed by atoms with Crippen molar-refractivity contribution in [3.63, 3.8) is 0 Å². The van der Waals surface area contributed by atoms with Gasteiger partial charge in [-0.2, -0.15) is 0 Å². The van der Waals surface area contributed by atoms with Crippen LogP contribution in [0.1, 0.15) is 19.8 Å². The van der Waals surface area contributed by atoms with Gasteiger partial charge >= 0.3 is 0 Å². The molecule has 1 aliphatic carbocycles. The van der Waals surface area contributed by atoms with Crippen LogP contribution in [0.25, 0.3) is 0 Å². The lowest BCUT2D eigenvalue weighted by atomic mass is 10.3. The minimum atomic E-state index is 0.803. The van der Waals surface area contributed by atoms with Crippen molar-refractivity contribution in [1.29, 1.82) is 0 Å². The Kier molecular flexibility index (Phi) is 1.98. The molecule has 1 aromatic heterocycles. The van der Waals surface area contributed by atoms with Gasteiger partial charge in [0.05, 0.1) is 0 Å². The van der Waals surface area contributed by atoms with E-state index in [9.17, 15) is 0 Å². The molecule has 0 spiro atoms. The Hall–Kier alpha value is -1.05. The highest BCUT2D eigenvalue weighted by Crippen LogP contribution is 2.30. The van der Waals surface area contributed by atoms with E-state index in [-0.39, 0.29) is 0 Å². The van der Waals surface area contributed by atoms with Crippen LogP contribution in [0.4, 0.5) is 5.69 Å². The SMILES string of the molecule is CCN(c1ccncc1)C1CC1. The van der Waals surface area contributed by atoms with Crippen LogP contribution in [0.15, 0.2) is 24.5 Å². The average Bonchev–Trinajstić information content (AvgIpc) is 2.92. The van der Waals surface area contributed by atoms with Gasteiger partial charge in [0.15, 0.2) is 0 Å². The predicted octanol–water partition coefficient (Wildman–Crippen LogP) is 2.07. The van der Waals surface area contributed by atoms with Gasteiger partial charge in [-0.05, 0) is 31.9 Å². The smallest absolute Gasteiger partial charge is 0.0399 e. The molecule has 0 amide bonds. The fourth-order valence-electron chi connectivity index (χ4n) is 1.57. The summed E-state index contributed by atoms with van der Waals surface area (Å²) < 4.78 is 0. The minimum absolute atomic E-state index is 0.803. The highest BCUT2D eigenvalue weighted by molar-refractivity contribution is 5.46. The van der Waals surface area contributed by atoms with Crippen molar-refractivity contribution >= 4 is 5.69 Å². The molecule has 0 unspecified atom stereocenters. The van der Waals surface area contributed by atoms with E-state index in [1.807, 2.05) is 12.4 Å². The molecule has 0 aliphatic heterocycles. The normalized spacial score (nSPS) is 16.1. The Labute approximate surface area is 73.2 Å². The van der Waals surface area contributed by atoms with Gasteiger partial charge in [0, 0.05) is 30.7 Å². The largest absolute Gasteiger partial charge is 0.369 e. The molecule has 1 heterocycles. The first-order valence-electron chi connectivity index (χ1n) is 4.58. The molecule has 64 valence electrons. The van der Waals surface area contributed by atoms with Gasteiger partial charge in [0.1, 0.15) is 0 Å². The summed E-state index contributed by atoms with van der Waals surface area (Å²) in [6, 6.07) is 4.97. The van der Waals surface area contributed by atoms with Gasteiger partial charge in [0.2, 0.25) is 0 Å². The molecular weight excluding hydrogens is 148 g/mol. The molecule has 1 saturated carbocycles. The lowest BCUT2D eigenvalue weighted by Crippen LogP contribution is -2.24. The first-order chi connectivity index (χ1) is 5.92. The number of anilines is 1. The molecule has 0 N–H and O–H groups in total. The van der Waals surface area contributed by atoms with Crippen molar-refractivity contribution in [1.82, 2.24) is 4.98 Å². The standard InChI is InChI=1S/C10H14N2/c1-2-12(9-3-4-9)10-5-7-11-8-6-10/h5-9H,2-4H2,1H3. The average molecular weight is 162 g/mol. The molecule has 0 bridgehead atoms. The molecule has 2 rings (SSSR count). The Morgan fingerprint density at radius 2 is 2.08 bits per heavy atom. The summed E-state index contributed by atoms with van der Waals surface area (Å²) in [5, 5.41) is 0. The lowest BCUT2D eigenvalue weighted by molar-refractivity contribution is 0.825. The summed E-state index contributed by atoms with van der Waals surface area (Å²) in [5.74, 6) is 0. The van der Waals surface area contributed by atoms with Gasteiger partial charge in [-0.25, -0.2) is 0 Å². The third-order valence-corrected chi connectivity index (χ3v) is 2.32. The van der Waals surface area contributed by atoms with E-state index in [1.54, 1.807) is 0 Å². The Balaban J connectivity index is 2.15. The Morgan fingerprint density at radius 3 is 2.58 bits per heavy atom. The van der Waals surface area contributed by atoms with Crippen LogP contribution in [0.2, 0.25) is 0 Å². The molecular formula is C10H14N2. The number of nitrogens with zero attached hydrogens (tertiary/aromatic N) is 2. The third kappa shape index (κ3) is 1.42. The van der Waals surface area contributed by atoms with Crippen molar-refractivity contribution in [3.05, 3.63) is 24.5 Å². The number of hydrogen-bond donors (Lipinski definition) is 0. The maximum absolute atomic E-state index is 4.02. The summed E-state index contributed by atoms with van der Waals surface area (Å²) in [5.41, 5.74) is 1.31. The maximum Gasteiger partial charge on any atom is 0.0399 e. The number of aromatic nitrogens is 1. The number of pyridine rings is 1. The van der Waals surface area contributed by atoms with E-state index in [0.717, 1.165) is 12.6 Å². The monoisotopic (exact) mass is 162 g/mol. The zero-order valence-electron chi connectivity index (χ0n) is 7.40. The van der Waals surface area contributed by atoms with Gasteiger partial charge in [-0.1, -0.05) is 0 Å². The van der Waals surface area contributed by atoms with Crippen LogP contribution in [-0.2, 0) is 0 Å². The molecule has 12 heavy (non-hydrogen) atoms. The van der Waals surface area contributed by atoms with Crippen molar-refractivity contribution in [2.24, 2.45) is 0 Å². The quantitative estimate of drug-likeness (QED) is 0.676. The van der Waals surface area contributed by atoms with Gasteiger partial charge < -0.3 is 4.90 Å². The molecule has 2 heteroatoms. The molecule has 2 nitrogen and oxygen atoms in total. The van der Waals surface area contributed by atoms with E-state index in [2.05, 4.69) is 28.9 Å². The second kappa shape index (κ2) is 3.13. The van der Waals surface area contributed by atoms with Crippen molar-refractivity contribution < 1.29 is 0 Å². The highest BCUT2D eigenvalue weighted by atomic mass is 15.2. The molecule has 0 saturated heterocycles. The molecule has 0 radical (unpaired) electrons. The number of rotatable bonds is 3. The van der Waals surface area contributed by atoms with Gasteiger partial charge in [-0.3, -0.25) is 4.98 Å². The van der Waals surface area contributed by atoms with Crippen molar-refractivity contribution in [3.8, 4) is 0 Å². The first-order valence-corrected chi connectivity index (χ1v) is 4.58. The van der Waals surface area contributed by atoms with E-state index in [1.165, 1.54) is 18.5 Å². The van der Waals surface area contributed by atoms with Crippen LogP contribution < -0.4 is 4.90 Å². The van der Waals surface area contributed by atoms with Crippen LogP contribution in [-0.4, -0.2) is 17.6 Å². The van der Waals surface area contributed by atoms with E-state index in [4.69, 9.17) is 0 Å². The molecule has 1 aliphatic rings. The Morgan fingerprint density at radius 1 is 1.42 bits per heavy atom. The second-order valence-electron chi connectivity index (χ2n) is 3.22. The summed E-state index contributed by atoms with van der Waals surface area (Å²) in [6.45, 7) is 3.31. The van der Waals surface area contributed by atoms with Crippen LogP contribution in [0, 0.1) is 0 Å². The van der Waals surface area contributed by atoms with Gasteiger partial charge in [-0.15, -0.1) is 0 Å². The van der Waals surface area contributed by atoms with Crippen LogP contribution in [0.5, 0.6) is 0 Å². The van der Waals surface area contributed by atoms with Crippen LogP contribution in [0.3, 0.4) is 0 Å². The first kappa shape index (κ1) is 7.59. The lowest BCUT2D eigenvalue weighted by Gasteiger charge is -2.22. The zero-order valence-corrected chi connectivity index (χ0v) is 7.40. The predicted molar refractivity (Wildman–Crippen MR) is 50.3 cm³/mol. The summed E-state index contributed by atoms with van der Waals surface area (Å²) in [6.07, 6.45) is 6.44.